The molecule has 2 aliphatic carbocycles. The maximum Gasteiger partial charge on any atom is 0.239 e. The van der Waals surface area contributed by atoms with E-state index in [1.54, 1.807) is 0 Å². The largest absolute Gasteiger partial charge is 0.273 e. The summed E-state index contributed by atoms with van der Waals surface area (Å²) in [5.41, 5.74) is -0.213. The Kier molecular flexibility index (Phi) is 5.82. The third-order valence-electron chi connectivity index (χ3n) is 8.10. The molecule has 3 rings (SSSR count). The van der Waals surface area contributed by atoms with Gasteiger partial charge >= 0.3 is 0 Å². The maximum absolute atomic E-state index is 13.5. The molecule has 1 saturated heterocycles. The van der Waals surface area contributed by atoms with E-state index in [9.17, 15) is 13.2 Å². The van der Waals surface area contributed by atoms with E-state index in [-0.39, 0.29) is 34.4 Å². The molecule has 3 unspecified atom stereocenters. The van der Waals surface area contributed by atoms with Gasteiger partial charge in [-0.15, -0.1) is 6.58 Å². The average molecular weight is 396 g/mol. The molecular formula is C22H37NO3S. The zero-order valence-corrected chi connectivity index (χ0v) is 18.2. The molecule has 4 atom stereocenters. The van der Waals surface area contributed by atoms with Crippen molar-refractivity contribution >= 4 is 15.9 Å². The number of sulfonamides is 1. The van der Waals surface area contributed by atoms with Crippen molar-refractivity contribution in [3.8, 4) is 0 Å². The van der Waals surface area contributed by atoms with E-state index in [1.807, 2.05) is 6.08 Å². The minimum atomic E-state index is -3.51. The molecule has 3 aliphatic rings. The molecule has 3 fully saturated rings. The smallest absolute Gasteiger partial charge is 0.239 e. The van der Waals surface area contributed by atoms with Crippen LogP contribution in [0.25, 0.3) is 0 Å². The fourth-order valence-electron chi connectivity index (χ4n) is 6.29. The molecule has 2 bridgehead atoms. The average Bonchev–Trinajstić information content (AvgIpc) is 3.08. The van der Waals surface area contributed by atoms with E-state index in [2.05, 4.69) is 27.4 Å². The summed E-state index contributed by atoms with van der Waals surface area (Å²) in [5.74, 6) is 0.402. The van der Waals surface area contributed by atoms with Crippen LogP contribution < -0.4 is 0 Å². The summed E-state index contributed by atoms with van der Waals surface area (Å²) < 4.78 is 27.6. The number of amides is 1. The third kappa shape index (κ3) is 3.28. The first-order valence-corrected chi connectivity index (χ1v) is 12.5. The van der Waals surface area contributed by atoms with Gasteiger partial charge in [0.2, 0.25) is 15.9 Å². The predicted octanol–water partition coefficient (Wildman–Crippen LogP) is 4.91. The first kappa shape index (κ1) is 20.9. The number of unbranched alkanes of at least 4 members (excludes halogenated alkanes) is 3. The van der Waals surface area contributed by atoms with Gasteiger partial charge in [-0.25, -0.2) is 12.7 Å². The van der Waals surface area contributed by atoms with Crippen molar-refractivity contribution in [1.29, 1.82) is 0 Å². The highest BCUT2D eigenvalue weighted by atomic mass is 32.2. The molecule has 0 aromatic carbocycles. The van der Waals surface area contributed by atoms with Crippen molar-refractivity contribution in [3.63, 3.8) is 0 Å². The standard InChI is InChI=1S/C22H37NO3S/c1-5-7-9-10-12-17(11-8-6-2)20(24)23-19-15-18-13-14-22(19,21(18,3)4)16-27(23,25)26/h6,17-19H,2,5,7-16H2,1,3-4H3/t17-,18?,19?,22?/m0/s1. The van der Waals surface area contributed by atoms with Crippen LogP contribution in [0.15, 0.2) is 12.7 Å². The summed E-state index contributed by atoms with van der Waals surface area (Å²) in [7, 11) is -3.51. The SMILES string of the molecule is C=CCC[C@@H](CCCCCC)C(=O)N1C2CC3CCC2(CS1(=O)=O)C3(C)C. The van der Waals surface area contributed by atoms with Gasteiger partial charge in [0, 0.05) is 11.3 Å². The quantitative estimate of drug-likeness (QED) is 0.412. The van der Waals surface area contributed by atoms with Gasteiger partial charge in [0.1, 0.15) is 0 Å². The Hall–Kier alpha value is -0.840. The number of rotatable bonds is 9. The maximum atomic E-state index is 13.5. The molecule has 1 amide bonds. The molecule has 1 heterocycles. The Labute approximate surface area is 165 Å². The Morgan fingerprint density at radius 2 is 2.00 bits per heavy atom. The zero-order valence-electron chi connectivity index (χ0n) is 17.4. The third-order valence-corrected chi connectivity index (χ3v) is 10.0. The number of carbonyl (C=O) groups excluding carboxylic acids is 1. The lowest BCUT2D eigenvalue weighted by Crippen LogP contribution is -2.46. The highest BCUT2D eigenvalue weighted by molar-refractivity contribution is 7.90. The van der Waals surface area contributed by atoms with Crippen LogP contribution in [0.4, 0.5) is 0 Å². The second-order valence-corrected chi connectivity index (χ2v) is 11.5. The number of carbonyl (C=O) groups is 1. The molecule has 0 aromatic rings. The highest BCUT2D eigenvalue weighted by Gasteiger charge is 2.72. The van der Waals surface area contributed by atoms with E-state index < -0.39 is 10.0 Å². The fraction of sp³-hybridized carbons (Fsp3) is 0.864. The van der Waals surface area contributed by atoms with Crippen molar-refractivity contribution in [2.75, 3.05) is 5.75 Å². The lowest BCUT2D eigenvalue weighted by molar-refractivity contribution is -0.133. The van der Waals surface area contributed by atoms with Crippen LogP contribution in [-0.2, 0) is 14.8 Å². The Morgan fingerprint density at radius 3 is 2.63 bits per heavy atom. The molecule has 4 nitrogen and oxygen atoms in total. The summed E-state index contributed by atoms with van der Waals surface area (Å²) in [6.45, 7) is 10.4. The highest BCUT2D eigenvalue weighted by Crippen LogP contribution is 2.70. The van der Waals surface area contributed by atoms with Crippen LogP contribution in [0, 0.1) is 22.7 Å². The normalized spacial score (nSPS) is 33.8. The molecule has 154 valence electrons. The Bertz CT molecular complexity index is 684. The van der Waals surface area contributed by atoms with Gasteiger partial charge in [0.05, 0.1) is 11.8 Å². The summed E-state index contributed by atoms with van der Waals surface area (Å²) in [6, 6.07) is -0.106. The molecule has 0 N–H and O–H groups in total. The minimum Gasteiger partial charge on any atom is -0.273 e. The Morgan fingerprint density at radius 1 is 1.26 bits per heavy atom. The van der Waals surface area contributed by atoms with E-state index in [0.717, 1.165) is 51.4 Å². The van der Waals surface area contributed by atoms with Gasteiger partial charge in [-0.3, -0.25) is 4.79 Å². The second kappa shape index (κ2) is 7.53. The number of hydrogen-bond donors (Lipinski definition) is 0. The number of hydrogen-bond acceptors (Lipinski definition) is 3. The van der Waals surface area contributed by atoms with Crippen molar-refractivity contribution in [2.45, 2.75) is 91.0 Å². The molecule has 5 heteroatoms. The molecule has 27 heavy (non-hydrogen) atoms. The van der Waals surface area contributed by atoms with E-state index in [0.29, 0.717) is 12.3 Å². The molecule has 1 spiro atoms. The Balaban J connectivity index is 1.82. The monoisotopic (exact) mass is 395 g/mol. The van der Waals surface area contributed by atoms with Gasteiger partial charge in [-0.05, 0) is 49.9 Å². The molecule has 2 saturated carbocycles. The predicted molar refractivity (Wildman–Crippen MR) is 110 cm³/mol. The summed E-state index contributed by atoms with van der Waals surface area (Å²) >= 11 is 0. The van der Waals surface area contributed by atoms with E-state index in [1.165, 1.54) is 10.7 Å². The number of nitrogens with zero attached hydrogens (tertiary/aromatic N) is 1. The zero-order chi connectivity index (χ0) is 19.9. The fourth-order valence-corrected chi connectivity index (χ4v) is 8.88. The van der Waals surface area contributed by atoms with Gasteiger partial charge in [0.25, 0.3) is 0 Å². The number of fused-ring (bicyclic) bond motifs is 1. The van der Waals surface area contributed by atoms with Crippen LogP contribution in [-0.4, -0.2) is 30.4 Å². The minimum absolute atomic E-state index is 0.0114. The van der Waals surface area contributed by atoms with Crippen LogP contribution in [0.3, 0.4) is 0 Å². The van der Waals surface area contributed by atoms with Crippen molar-refractivity contribution in [3.05, 3.63) is 12.7 Å². The van der Waals surface area contributed by atoms with Crippen molar-refractivity contribution < 1.29 is 13.2 Å². The van der Waals surface area contributed by atoms with Crippen LogP contribution in [0.2, 0.25) is 0 Å². The van der Waals surface area contributed by atoms with E-state index in [4.69, 9.17) is 0 Å². The molecule has 1 aliphatic heterocycles. The van der Waals surface area contributed by atoms with Gasteiger partial charge in [0.15, 0.2) is 0 Å². The van der Waals surface area contributed by atoms with E-state index >= 15 is 0 Å². The van der Waals surface area contributed by atoms with Gasteiger partial charge in [-0.1, -0.05) is 52.5 Å². The summed E-state index contributed by atoms with van der Waals surface area (Å²) in [5, 5.41) is 0. The lowest BCUT2D eigenvalue weighted by atomic mass is 9.69. The lowest BCUT2D eigenvalue weighted by Gasteiger charge is -2.37. The van der Waals surface area contributed by atoms with Crippen LogP contribution in [0.1, 0.15) is 85.0 Å². The van der Waals surface area contributed by atoms with Crippen molar-refractivity contribution in [2.24, 2.45) is 22.7 Å². The molecule has 0 radical (unpaired) electrons. The first-order valence-electron chi connectivity index (χ1n) is 10.9. The van der Waals surface area contributed by atoms with Crippen LogP contribution in [0.5, 0.6) is 0 Å². The first-order chi connectivity index (χ1) is 12.7. The topological polar surface area (TPSA) is 54.5 Å². The summed E-state index contributed by atoms with van der Waals surface area (Å²) in [6.07, 6.45) is 11.5. The van der Waals surface area contributed by atoms with Gasteiger partial charge < -0.3 is 0 Å². The molecular weight excluding hydrogens is 358 g/mol. The summed E-state index contributed by atoms with van der Waals surface area (Å²) in [4.78, 5) is 13.5. The van der Waals surface area contributed by atoms with Crippen molar-refractivity contribution in [1.82, 2.24) is 4.31 Å². The molecule has 0 aromatic heterocycles. The van der Waals surface area contributed by atoms with Gasteiger partial charge in [-0.2, -0.15) is 0 Å². The second-order valence-electron chi connectivity index (χ2n) is 9.67. The van der Waals surface area contributed by atoms with Crippen LogP contribution >= 0.6 is 0 Å². The number of allylic oxidation sites excluding steroid dienone is 1.